The molecule has 1 aliphatic heterocycles. The quantitative estimate of drug-likeness (QED) is 0.666. The minimum atomic E-state index is -0.372. The lowest BCUT2D eigenvalue weighted by Crippen LogP contribution is -2.41. The first-order chi connectivity index (χ1) is 10.1. The van der Waals surface area contributed by atoms with Crippen LogP contribution in [0.15, 0.2) is 36.7 Å². The first-order valence-electron chi connectivity index (χ1n) is 6.45. The number of fused-ring (bicyclic) bond motifs is 1. The molecule has 0 saturated carbocycles. The fraction of sp³-hybridized carbons (Fsp3) is 0.214. The molecule has 1 amide bonds. The third-order valence-corrected chi connectivity index (χ3v) is 3.07. The molecule has 2 heterocycles. The Morgan fingerprint density at radius 2 is 2.24 bits per heavy atom. The molecular weight excluding hydrogens is 272 g/mol. The van der Waals surface area contributed by atoms with Crippen molar-refractivity contribution in [2.45, 2.75) is 0 Å². The van der Waals surface area contributed by atoms with Crippen LogP contribution in [0.2, 0.25) is 0 Å². The van der Waals surface area contributed by atoms with Crippen LogP contribution in [0.1, 0.15) is 0 Å². The molecule has 108 valence electrons. The summed E-state index contributed by atoms with van der Waals surface area (Å²) in [7, 11) is 1.77. The summed E-state index contributed by atoms with van der Waals surface area (Å²) in [4.78, 5) is 25.3. The van der Waals surface area contributed by atoms with E-state index < -0.39 is 0 Å². The van der Waals surface area contributed by atoms with Crippen LogP contribution in [0.5, 0.6) is 5.75 Å². The number of carbonyl (C=O) groups excluding carboxylic acids is 2. The Balaban J connectivity index is 1.72. The summed E-state index contributed by atoms with van der Waals surface area (Å²) < 4.78 is 6.74. The molecule has 0 spiro atoms. The fourth-order valence-electron chi connectivity index (χ4n) is 2.20. The van der Waals surface area contributed by atoms with Crippen molar-refractivity contribution in [3.63, 3.8) is 0 Å². The number of nitrogens with one attached hydrogen (secondary N) is 1. The molecule has 0 bridgehead atoms. The maximum Gasteiger partial charge on any atom is 0.331 e. The van der Waals surface area contributed by atoms with Gasteiger partial charge in [0.2, 0.25) is 5.91 Å². The van der Waals surface area contributed by atoms with E-state index in [1.807, 2.05) is 12.1 Å². The molecule has 0 unspecified atom stereocenters. The smallest absolute Gasteiger partial charge is 0.331 e. The first-order valence-corrected chi connectivity index (χ1v) is 6.45. The van der Waals surface area contributed by atoms with Gasteiger partial charge in [0.1, 0.15) is 6.54 Å². The summed E-state index contributed by atoms with van der Waals surface area (Å²) in [5.74, 6) is -0.113. The minimum absolute atomic E-state index is 0.0530. The summed E-state index contributed by atoms with van der Waals surface area (Å²) in [5, 5.41) is 6.72. The van der Waals surface area contributed by atoms with Crippen molar-refractivity contribution in [3.8, 4) is 5.75 Å². The van der Waals surface area contributed by atoms with Gasteiger partial charge in [0.25, 0.3) is 0 Å². The second-order valence-corrected chi connectivity index (χ2v) is 4.75. The maximum atomic E-state index is 12.1. The zero-order chi connectivity index (χ0) is 14.8. The number of para-hydroxylation sites is 2. The molecule has 0 fully saturated rings. The van der Waals surface area contributed by atoms with E-state index in [2.05, 4.69) is 10.4 Å². The number of benzene rings is 1. The Bertz CT molecular complexity index is 695. The van der Waals surface area contributed by atoms with Gasteiger partial charge in [0.05, 0.1) is 24.1 Å². The summed E-state index contributed by atoms with van der Waals surface area (Å²) in [6.07, 6.45) is 3.27. The lowest BCUT2D eigenvalue weighted by molar-refractivity contribution is -0.133. The summed E-state index contributed by atoms with van der Waals surface area (Å²) in [5.41, 5.74) is 1.36. The molecular formula is C14H14N4O3. The van der Waals surface area contributed by atoms with E-state index in [4.69, 9.17) is 4.74 Å². The van der Waals surface area contributed by atoms with E-state index >= 15 is 0 Å². The number of aromatic nitrogens is 2. The third-order valence-electron chi connectivity index (χ3n) is 3.07. The maximum absolute atomic E-state index is 12.1. The number of hydrogen-bond acceptors (Lipinski definition) is 5. The number of ether oxygens (including phenoxy) is 1. The number of amides is 1. The summed E-state index contributed by atoms with van der Waals surface area (Å²) in [6.45, 7) is 0.123. The van der Waals surface area contributed by atoms with Crippen LogP contribution in [0.4, 0.5) is 11.4 Å². The first kappa shape index (κ1) is 13.2. The van der Waals surface area contributed by atoms with Crippen molar-refractivity contribution < 1.29 is 14.3 Å². The minimum Gasteiger partial charge on any atom is -0.423 e. The lowest BCUT2D eigenvalue weighted by atomic mass is 10.2. The monoisotopic (exact) mass is 286 g/mol. The van der Waals surface area contributed by atoms with Crippen LogP contribution >= 0.6 is 0 Å². The lowest BCUT2D eigenvalue weighted by Gasteiger charge is -2.28. The number of aryl methyl sites for hydroxylation is 1. The average Bonchev–Trinajstić information content (AvgIpc) is 2.83. The van der Waals surface area contributed by atoms with Crippen molar-refractivity contribution in [2.24, 2.45) is 7.05 Å². The number of anilines is 2. The molecule has 1 aromatic heterocycles. The van der Waals surface area contributed by atoms with Gasteiger partial charge in [-0.3, -0.25) is 9.48 Å². The molecule has 7 nitrogen and oxygen atoms in total. The SMILES string of the molecule is Cn1cc(NC(=O)CN2CC(=O)Oc3ccccc32)cn1. The largest absolute Gasteiger partial charge is 0.423 e. The number of nitrogens with zero attached hydrogens (tertiary/aromatic N) is 3. The zero-order valence-electron chi connectivity index (χ0n) is 11.4. The number of hydrogen-bond donors (Lipinski definition) is 1. The highest BCUT2D eigenvalue weighted by molar-refractivity contribution is 5.96. The van der Waals surface area contributed by atoms with Gasteiger partial charge in [0.15, 0.2) is 5.75 Å². The van der Waals surface area contributed by atoms with Gasteiger partial charge in [-0.15, -0.1) is 0 Å². The normalized spacial score (nSPS) is 13.6. The van der Waals surface area contributed by atoms with E-state index in [1.165, 1.54) is 0 Å². The van der Waals surface area contributed by atoms with Crippen LogP contribution in [0, 0.1) is 0 Å². The van der Waals surface area contributed by atoms with Crippen LogP contribution in [-0.4, -0.2) is 34.7 Å². The zero-order valence-corrected chi connectivity index (χ0v) is 11.4. The number of esters is 1. The second kappa shape index (κ2) is 5.28. The van der Waals surface area contributed by atoms with E-state index in [9.17, 15) is 9.59 Å². The van der Waals surface area contributed by atoms with Crippen LogP contribution in [0.25, 0.3) is 0 Å². The highest BCUT2D eigenvalue weighted by atomic mass is 16.5. The van der Waals surface area contributed by atoms with Crippen molar-refractivity contribution in [1.82, 2.24) is 9.78 Å². The second-order valence-electron chi connectivity index (χ2n) is 4.75. The van der Waals surface area contributed by atoms with Crippen LogP contribution in [-0.2, 0) is 16.6 Å². The standard InChI is InChI=1S/C14H14N4O3/c1-17-7-10(6-15-17)16-13(19)8-18-9-14(20)21-12-5-3-2-4-11(12)18/h2-7H,8-9H2,1H3,(H,16,19). The van der Waals surface area contributed by atoms with E-state index in [-0.39, 0.29) is 25.0 Å². The molecule has 21 heavy (non-hydrogen) atoms. The van der Waals surface area contributed by atoms with Gasteiger partial charge < -0.3 is 15.0 Å². The highest BCUT2D eigenvalue weighted by Gasteiger charge is 2.25. The Morgan fingerprint density at radius 3 is 3.00 bits per heavy atom. The van der Waals surface area contributed by atoms with Gasteiger partial charge in [-0.25, -0.2) is 4.79 Å². The van der Waals surface area contributed by atoms with E-state index in [1.54, 1.807) is 41.2 Å². The Kier molecular flexibility index (Phi) is 3.31. The van der Waals surface area contributed by atoms with Gasteiger partial charge in [-0.2, -0.15) is 5.10 Å². The highest BCUT2D eigenvalue weighted by Crippen LogP contribution is 2.31. The number of rotatable bonds is 3. The van der Waals surface area contributed by atoms with Crippen molar-refractivity contribution in [2.75, 3.05) is 23.3 Å². The molecule has 1 N–H and O–H groups in total. The molecule has 1 aromatic carbocycles. The number of carbonyl (C=O) groups is 2. The van der Waals surface area contributed by atoms with Gasteiger partial charge in [-0.05, 0) is 12.1 Å². The summed E-state index contributed by atoms with van der Waals surface area (Å²) >= 11 is 0. The predicted octanol–water partition coefficient (Wildman–Crippen LogP) is 0.784. The molecule has 0 saturated heterocycles. The molecule has 1 aliphatic rings. The van der Waals surface area contributed by atoms with Crippen LogP contribution < -0.4 is 15.0 Å². The van der Waals surface area contributed by atoms with Gasteiger partial charge in [0, 0.05) is 13.2 Å². The molecule has 3 rings (SSSR count). The summed E-state index contributed by atoms with van der Waals surface area (Å²) in [6, 6.07) is 7.15. The van der Waals surface area contributed by atoms with Crippen molar-refractivity contribution in [1.29, 1.82) is 0 Å². The Hall–Kier alpha value is -2.83. The molecule has 0 radical (unpaired) electrons. The van der Waals surface area contributed by atoms with Crippen molar-refractivity contribution in [3.05, 3.63) is 36.7 Å². The van der Waals surface area contributed by atoms with Crippen molar-refractivity contribution >= 4 is 23.3 Å². The fourth-order valence-corrected chi connectivity index (χ4v) is 2.20. The van der Waals surface area contributed by atoms with Gasteiger partial charge >= 0.3 is 5.97 Å². The molecule has 0 aliphatic carbocycles. The Morgan fingerprint density at radius 1 is 1.43 bits per heavy atom. The predicted molar refractivity (Wildman–Crippen MR) is 76.1 cm³/mol. The molecule has 2 aromatic rings. The topological polar surface area (TPSA) is 76.5 Å². The Labute approximate surface area is 121 Å². The third kappa shape index (κ3) is 2.86. The molecule has 7 heteroatoms. The average molecular weight is 286 g/mol. The van der Waals surface area contributed by atoms with Crippen LogP contribution in [0.3, 0.4) is 0 Å². The van der Waals surface area contributed by atoms with E-state index in [0.717, 1.165) is 5.69 Å². The van der Waals surface area contributed by atoms with E-state index in [0.29, 0.717) is 11.4 Å². The molecule has 0 atom stereocenters. The van der Waals surface area contributed by atoms with Gasteiger partial charge in [-0.1, -0.05) is 12.1 Å².